The minimum Gasteiger partial charge on any atom is -0.327 e. The van der Waals surface area contributed by atoms with Gasteiger partial charge in [-0.25, -0.2) is 0 Å². The fourth-order valence-electron chi connectivity index (χ4n) is 2.55. The number of rotatable bonds is 6. The van der Waals surface area contributed by atoms with Crippen molar-refractivity contribution in [3.63, 3.8) is 0 Å². The molecule has 0 aliphatic carbocycles. The molecule has 4 heteroatoms. The molecule has 1 amide bonds. The van der Waals surface area contributed by atoms with Crippen LogP contribution in [0.1, 0.15) is 38.7 Å². The first-order valence-corrected chi connectivity index (χ1v) is 7.91. The summed E-state index contributed by atoms with van der Waals surface area (Å²) in [5, 5.41) is 2.92. The van der Waals surface area contributed by atoms with Crippen LogP contribution in [-0.2, 0) is 11.3 Å². The summed E-state index contributed by atoms with van der Waals surface area (Å²) in [4.78, 5) is 14.4. The fraction of sp³-hybridized carbons (Fsp3) is 0.588. The lowest BCUT2D eigenvalue weighted by Gasteiger charge is -2.16. The van der Waals surface area contributed by atoms with Gasteiger partial charge in [0.1, 0.15) is 0 Å². The first-order chi connectivity index (χ1) is 10.0. The Balaban J connectivity index is 1.82. The molecule has 0 saturated carbocycles. The topological polar surface area (TPSA) is 58.4 Å². The van der Waals surface area contributed by atoms with Crippen molar-refractivity contribution >= 4 is 11.6 Å². The maximum absolute atomic E-state index is 11.9. The third-order valence-electron chi connectivity index (χ3n) is 4.12. The van der Waals surface area contributed by atoms with Crippen LogP contribution in [-0.4, -0.2) is 29.9 Å². The summed E-state index contributed by atoms with van der Waals surface area (Å²) in [6.07, 6.45) is 2.99. The van der Waals surface area contributed by atoms with Gasteiger partial charge in [0.15, 0.2) is 0 Å². The van der Waals surface area contributed by atoms with Gasteiger partial charge < -0.3 is 11.1 Å². The molecule has 3 N–H and O–H groups in total. The number of anilines is 1. The quantitative estimate of drug-likeness (QED) is 0.846. The zero-order valence-corrected chi connectivity index (χ0v) is 13.1. The van der Waals surface area contributed by atoms with E-state index in [0.29, 0.717) is 12.3 Å². The van der Waals surface area contributed by atoms with E-state index in [-0.39, 0.29) is 11.9 Å². The lowest BCUT2D eigenvalue weighted by molar-refractivity contribution is -0.116. The molecule has 1 fully saturated rings. The average molecular weight is 289 g/mol. The Kier molecular flexibility index (Phi) is 5.76. The number of carbonyl (C=O) groups excluding carboxylic acids is 1. The van der Waals surface area contributed by atoms with E-state index in [1.807, 2.05) is 26.0 Å². The molecule has 1 atom stereocenters. The van der Waals surface area contributed by atoms with Crippen LogP contribution in [0.5, 0.6) is 0 Å². The van der Waals surface area contributed by atoms with Gasteiger partial charge in [0.05, 0.1) is 0 Å². The van der Waals surface area contributed by atoms with Crippen molar-refractivity contribution in [1.82, 2.24) is 4.90 Å². The summed E-state index contributed by atoms with van der Waals surface area (Å²) in [5.41, 5.74) is 8.07. The smallest absolute Gasteiger partial charge is 0.225 e. The normalized spacial score (nSPS) is 17.1. The summed E-state index contributed by atoms with van der Waals surface area (Å²) < 4.78 is 0. The van der Waals surface area contributed by atoms with Crippen LogP contribution in [0.4, 0.5) is 5.69 Å². The number of nitrogens with two attached hydrogens (primary N) is 1. The Morgan fingerprint density at radius 2 is 1.86 bits per heavy atom. The fourth-order valence-corrected chi connectivity index (χ4v) is 2.55. The summed E-state index contributed by atoms with van der Waals surface area (Å²) in [6.45, 7) is 7.47. The van der Waals surface area contributed by atoms with Crippen molar-refractivity contribution in [2.24, 2.45) is 11.7 Å². The second kappa shape index (κ2) is 7.57. The van der Waals surface area contributed by atoms with Gasteiger partial charge in [-0.2, -0.15) is 0 Å². The van der Waals surface area contributed by atoms with Gasteiger partial charge in [-0.05, 0) is 49.5 Å². The van der Waals surface area contributed by atoms with Crippen molar-refractivity contribution in [2.75, 3.05) is 18.4 Å². The van der Waals surface area contributed by atoms with Gasteiger partial charge in [-0.1, -0.05) is 26.0 Å². The monoisotopic (exact) mass is 289 g/mol. The summed E-state index contributed by atoms with van der Waals surface area (Å²) in [5.74, 6) is 0.307. The molecule has 1 aliphatic heterocycles. The summed E-state index contributed by atoms with van der Waals surface area (Å²) in [7, 11) is 0. The van der Waals surface area contributed by atoms with Crippen molar-refractivity contribution in [2.45, 2.75) is 45.7 Å². The molecular formula is C17H27N3O. The molecule has 2 rings (SSSR count). The van der Waals surface area contributed by atoms with E-state index in [1.54, 1.807) is 0 Å². The molecule has 116 valence electrons. The highest BCUT2D eigenvalue weighted by Gasteiger charge is 2.14. The predicted octanol–water partition coefficient (Wildman–Crippen LogP) is 2.59. The van der Waals surface area contributed by atoms with Crippen molar-refractivity contribution in [3.8, 4) is 0 Å². The molecule has 21 heavy (non-hydrogen) atoms. The maximum Gasteiger partial charge on any atom is 0.225 e. The third-order valence-corrected chi connectivity index (χ3v) is 4.12. The van der Waals surface area contributed by atoms with Gasteiger partial charge in [0.25, 0.3) is 0 Å². The summed E-state index contributed by atoms with van der Waals surface area (Å²) >= 11 is 0. The molecule has 0 radical (unpaired) electrons. The lowest BCUT2D eigenvalue weighted by Crippen LogP contribution is -2.31. The number of amides is 1. The molecule has 1 aliphatic rings. The highest BCUT2D eigenvalue weighted by atomic mass is 16.1. The largest absolute Gasteiger partial charge is 0.327 e. The number of carbonyl (C=O) groups is 1. The Morgan fingerprint density at radius 3 is 2.43 bits per heavy atom. The second-order valence-electron chi connectivity index (χ2n) is 6.34. The minimum atomic E-state index is -0.0839. The average Bonchev–Trinajstić information content (AvgIpc) is 2.93. The predicted molar refractivity (Wildman–Crippen MR) is 87.0 cm³/mol. The van der Waals surface area contributed by atoms with E-state index >= 15 is 0 Å². The highest BCUT2D eigenvalue weighted by Crippen LogP contribution is 2.15. The molecule has 1 aromatic carbocycles. The Labute approximate surface area is 127 Å². The van der Waals surface area contributed by atoms with Crippen molar-refractivity contribution < 1.29 is 4.79 Å². The molecular weight excluding hydrogens is 262 g/mol. The zero-order valence-electron chi connectivity index (χ0n) is 13.1. The number of likely N-dealkylation sites (tertiary alicyclic amines) is 1. The van der Waals surface area contributed by atoms with E-state index in [2.05, 4.69) is 22.3 Å². The van der Waals surface area contributed by atoms with Crippen LogP contribution < -0.4 is 11.1 Å². The number of benzene rings is 1. The maximum atomic E-state index is 11.9. The highest BCUT2D eigenvalue weighted by molar-refractivity contribution is 5.91. The van der Waals surface area contributed by atoms with E-state index in [9.17, 15) is 4.79 Å². The Hall–Kier alpha value is -1.39. The molecule has 0 aromatic heterocycles. The van der Waals surface area contributed by atoms with Crippen LogP contribution in [0, 0.1) is 5.92 Å². The van der Waals surface area contributed by atoms with Crippen LogP contribution in [0.2, 0.25) is 0 Å². The van der Waals surface area contributed by atoms with E-state index in [0.717, 1.165) is 12.2 Å². The van der Waals surface area contributed by atoms with E-state index in [1.165, 1.54) is 31.5 Å². The lowest BCUT2D eigenvalue weighted by atomic mass is 10.0. The van der Waals surface area contributed by atoms with Crippen LogP contribution in [0.15, 0.2) is 24.3 Å². The first kappa shape index (κ1) is 16.0. The van der Waals surface area contributed by atoms with Crippen LogP contribution in [0.3, 0.4) is 0 Å². The van der Waals surface area contributed by atoms with E-state index < -0.39 is 0 Å². The number of nitrogens with one attached hydrogen (secondary N) is 1. The third kappa shape index (κ3) is 5.14. The minimum absolute atomic E-state index is 0.0107. The first-order valence-electron chi connectivity index (χ1n) is 7.91. The van der Waals surface area contributed by atoms with Crippen LogP contribution >= 0.6 is 0 Å². The molecule has 0 bridgehead atoms. The van der Waals surface area contributed by atoms with Crippen molar-refractivity contribution in [1.29, 1.82) is 0 Å². The van der Waals surface area contributed by atoms with Crippen LogP contribution in [0.25, 0.3) is 0 Å². The number of hydrogen-bond donors (Lipinski definition) is 2. The molecule has 1 saturated heterocycles. The molecule has 1 aromatic rings. The van der Waals surface area contributed by atoms with Gasteiger partial charge >= 0.3 is 0 Å². The number of hydrogen-bond acceptors (Lipinski definition) is 3. The van der Waals surface area contributed by atoms with Crippen molar-refractivity contribution in [3.05, 3.63) is 29.8 Å². The molecule has 1 heterocycles. The van der Waals surface area contributed by atoms with Gasteiger partial charge in [-0.3, -0.25) is 9.69 Å². The standard InChI is InChI=1S/C17H27N3O/c1-13(2)16(18)11-17(21)19-15-7-5-14(6-8-15)12-20-9-3-4-10-20/h5-8,13,16H,3-4,9-12,18H2,1-2H3,(H,19,21). The van der Waals surface area contributed by atoms with Gasteiger partial charge in [-0.15, -0.1) is 0 Å². The Bertz CT molecular complexity index is 450. The Morgan fingerprint density at radius 1 is 1.24 bits per heavy atom. The molecule has 1 unspecified atom stereocenters. The SMILES string of the molecule is CC(C)C(N)CC(=O)Nc1ccc(CN2CCCC2)cc1. The molecule has 4 nitrogen and oxygen atoms in total. The summed E-state index contributed by atoms with van der Waals surface area (Å²) in [6, 6.07) is 8.06. The van der Waals surface area contributed by atoms with Gasteiger partial charge in [0, 0.05) is 24.7 Å². The van der Waals surface area contributed by atoms with E-state index in [4.69, 9.17) is 5.73 Å². The number of nitrogens with zero attached hydrogens (tertiary/aromatic N) is 1. The second-order valence-corrected chi connectivity index (χ2v) is 6.34. The molecule has 0 spiro atoms. The zero-order chi connectivity index (χ0) is 15.2. The van der Waals surface area contributed by atoms with Gasteiger partial charge in [0.2, 0.25) is 5.91 Å².